The van der Waals surface area contributed by atoms with Crippen LogP contribution >= 0.6 is 11.6 Å². The largest absolute Gasteiger partial charge is 0.444 e. The van der Waals surface area contributed by atoms with Crippen molar-refractivity contribution in [1.29, 1.82) is 0 Å². The van der Waals surface area contributed by atoms with Crippen LogP contribution in [0.3, 0.4) is 0 Å². The molecule has 0 aliphatic heterocycles. The summed E-state index contributed by atoms with van der Waals surface area (Å²) in [5.74, 6) is -0.683. The summed E-state index contributed by atoms with van der Waals surface area (Å²) in [6.45, 7) is 5.40. The average Bonchev–Trinajstić information content (AvgIpc) is 2.67. The number of alkyl carbamates (subject to hydrolysis) is 1. The number of amides is 3. The van der Waals surface area contributed by atoms with Gasteiger partial charge in [-0.1, -0.05) is 41.9 Å². The van der Waals surface area contributed by atoms with Crippen molar-refractivity contribution in [3.05, 3.63) is 65.2 Å². The Kier molecular flexibility index (Phi) is 8.63. The summed E-state index contributed by atoms with van der Waals surface area (Å²) in [5, 5.41) is 8.53. The van der Waals surface area contributed by atoms with Crippen molar-refractivity contribution in [2.24, 2.45) is 0 Å². The molecule has 2 aromatic carbocycles. The zero-order chi connectivity index (χ0) is 22.9. The zero-order valence-corrected chi connectivity index (χ0v) is 18.5. The van der Waals surface area contributed by atoms with Gasteiger partial charge in [0.15, 0.2) is 0 Å². The molecule has 3 N–H and O–H groups in total. The van der Waals surface area contributed by atoms with Crippen molar-refractivity contribution in [2.45, 2.75) is 32.8 Å². The van der Waals surface area contributed by atoms with Gasteiger partial charge in [-0.25, -0.2) is 4.79 Å². The molecule has 0 radical (unpaired) electrons. The lowest BCUT2D eigenvalue weighted by molar-refractivity contribution is -0.116. The molecule has 8 heteroatoms. The molecule has 2 aromatic rings. The van der Waals surface area contributed by atoms with Crippen molar-refractivity contribution < 1.29 is 19.1 Å². The number of hydrogen-bond donors (Lipinski definition) is 3. The summed E-state index contributed by atoms with van der Waals surface area (Å²) >= 11 is 6.08. The van der Waals surface area contributed by atoms with Crippen LogP contribution in [0.15, 0.2) is 54.6 Å². The van der Waals surface area contributed by atoms with E-state index in [-0.39, 0.29) is 24.8 Å². The van der Waals surface area contributed by atoms with Crippen LogP contribution in [-0.4, -0.2) is 30.1 Å². The van der Waals surface area contributed by atoms with Crippen LogP contribution < -0.4 is 16.0 Å². The number of para-hydroxylation sites is 2. The lowest BCUT2D eigenvalue weighted by atomic mass is 10.2. The number of carbonyl (C=O) groups is 3. The maximum Gasteiger partial charge on any atom is 0.407 e. The minimum absolute atomic E-state index is 0.0495. The van der Waals surface area contributed by atoms with Crippen LogP contribution in [0.25, 0.3) is 6.08 Å². The van der Waals surface area contributed by atoms with E-state index in [0.717, 1.165) is 5.56 Å². The van der Waals surface area contributed by atoms with E-state index in [2.05, 4.69) is 16.0 Å². The molecule has 0 bridgehead atoms. The van der Waals surface area contributed by atoms with Gasteiger partial charge in [0, 0.05) is 24.1 Å². The Labute approximate surface area is 186 Å². The predicted molar refractivity (Wildman–Crippen MR) is 123 cm³/mol. The standard InChI is InChI=1S/C23H26ClN3O4/c1-23(2,3)31-22(30)25-15-14-21(29)27-19-11-7-6-10-18(19)26-20(28)13-12-16-8-4-5-9-17(16)24/h4-13H,14-15H2,1-3H3,(H,25,30)(H,26,28)(H,27,29)/b13-12+. The topological polar surface area (TPSA) is 96.5 Å². The highest BCUT2D eigenvalue weighted by molar-refractivity contribution is 6.32. The van der Waals surface area contributed by atoms with E-state index in [1.807, 2.05) is 12.1 Å². The molecule has 0 unspecified atom stereocenters. The van der Waals surface area contributed by atoms with E-state index >= 15 is 0 Å². The number of rotatable bonds is 7. The van der Waals surface area contributed by atoms with Crippen LogP contribution in [0.2, 0.25) is 5.02 Å². The van der Waals surface area contributed by atoms with Gasteiger partial charge in [-0.3, -0.25) is 9.59 Å². The summed E-state index contributed by atoms with van der Waals surface area (Å²) < 4.78 is 5.12. The first-order valence-corrected chi connectivity index (χ1v) is 10.1. The first-order chi connectivity index (χ1) is 14.6. The fourth-order valence-electron chi connectivity index (χ4n) is 2.46. The van der Waals surface area contributed by atoms with Crippen LogP contribution in [0.5, 0.6) is 0 Å². The molecule has 0 aromatic heterocycles. The predicted octanol–water partition coefficient (Wildman–Crippen LogP) is 4.85. The maximum absolute atomic E-state index is 12.3. The molecule has 2 rings (SSSR count). The van der Waals surface area contributed by atoms with Crippen molar-refractivity contribution in [1.82, 2.24) is 5.32 Å². The summed E-state index contributed by atoms with van der Waals surface area (Å²) in [6.07, 6.45) is 2.44. The summed E-state index contributed by atoms with van der Waals surface area (Å²) in [4.78, 5) is 36.1. The first kappa shape index (κ1) is 24.0. The second kappa shape index (κ2) is 11.2. The number of benzene rings is 2. The van der Waals surface area contributed by atoms with E-state index in [1.165, 1.54) is 6.08 Å². The number of ether oxygens (including phenoxy) is 1. The summed E-state index contributed by atoms with van der Waals surface area (Å²) in [5.41, 5.74) is 1.01. The minimum Gasteiger partial charge on any atom is -0.444 e. The van der Waals surface area contributed by atoms with Crippen molar-refractivity contribution in [2.75, 3.05) is 17.2 Å². The van der Waals surface area contributed by atoms with E-state index < -0.39 is 11.7 Å². The lowest BCUT2D eigenvalue weighted by Crippen LogP contribution is -2.34. The smallest absolute Gasteiger partial charge is 0.407 e. The highest BCUT2D eigenvalue weighted by Crippen LogP contribution is 2.21. The van der Waals surface area contributed by atoms with E-state index in [0.29, 0.717) is 16.4 Å². The van der Waals surface area contributed by atoms with Gasteiger partial charge in [0.25, 0.3) is 0 Å². The Morgan fingerprint density at radius 3 is 2.23 bits per heavy atom. The quantitative estimate of drug-likeness (QED) is 0.533. The van der Waals surface area contributed by atoms with E-state index in [1.54, 1.807) is 63.2 Å². The maximum atomic E-state index is 12.3. The molecule has 0 saturated carbocycles. The molecule has 0 spiro atoms. The van der Waals surface area contributed by atoms with Crippen LogP contribution in [0.4, 0.5) is 16.2 Å². The van der Waals surface area contributed by atoms with Crippen LogP contribution in [0, 0.1) is 0 Å². The normalized spacial score (nSPS) is 11.1. The zero-order valence-electron chi connectivity index (χ0n) is 17.7. The molecule has 0 fully saturated rings. The lowest BCUT2D eigenvalue weighted by Gasteiger charge is -2.19. The van der Waals surface area contributed by atoms with Gasteiger partial charge in [0.2, 0.25) is 11.8 Å². The number of carbonyl (C=O) groups excluding carboxylic acids is 3. The number of halogens is 1. The average molecular weight is 444 g/mol. The molecular formula is C23H26ClN3O4. The Morgan fingerprint density at radius 2 is 1.58 bits per heavy atom. The highest BCUT2D eigenvalue weighted by Gasteiger charge is 2.16. The van der Waals surface area contributed by atoms with E-state index in [9.17, 15) is 14.4 Å². The molecule has 31 heavy (non-hydrogen) atoms. The van der Waals surface area contributed by atoms with Gasteiger partial charge in [-0.05, 0) is 50.6 Å². The van der Waals surface area contributed by atoms with Gasteiger partial charge in [-0.15, -0.1) is 0 Å². The molecule has 164 valence electrons. The number of hydrogen-bond acceptors (Lipinski definition) is 4. The second-order valence-corrected chi connectivity index (χ2v) is 8.02. The van der Waals surface area contributed by atoms with Crippen molar-refractivity contribution >= 4 is 47.0 Å². The van der Waals surface area contributed by atoms with Crippen LogP contribution in [0.1, 0.15) is 32.8 Å². The summed E-state index contributed by atoms with van der Waals surface area (Å²) in [6, 6.07) is 14.0. The molecule has 0 aliphatic carbocycles. The fourth-order valence-corrected chi connectivity index (χ4v) is 2.65. The third-order valence-electron chi connectivity index (χ3n) is 3.80. The third kappa shape index (κ3) is 8.92. The monoisotopic (exact) mass is 443 g/mol. The third-order valence-corrected chi connectivity index (χ3v) is 4.14. The number of nitrogens with one attached hydrogen (secondary N) is 3. The Morgan fingerprint density at radius 1 is 0.968 bits per heavy atom. The highest BCUT2D eigenvalue weighted by atomic mass is 35.5. The number of anilines is 2. The molecule has 0 aliphatic rings. The van der Waals surface area contributed by atoms with E-state index in [4.69, 9.17) is 16.3 Å². The minimum atomic E-state index is -0.607. The molecule has 0 heterocycles. The fraction of sp³-hybridized carbons (Fsp3) is 0.261. The SMILES string of the molecule is CC(C)(C)OC(=O)NCCC(=O)Nc1ccccc1NC(=O)/C=C/c1ccccc1Cl. The van der Waals surface area contributed by atoms with Gasteiger partial charge in [0.05, 0.1) is 11.4 Å². The van der Waals surface area contributed by atoms with Gasteiger partial charge >= 0.3 is 6.09 Å². The Balaban J connectivity index is 1.90. The molecule has 0 saturated heterocycles. The van der Waals surface area contributed by atoms with Crippen molar-refractivity contribution in [3.63, 3.8) is 0 Å². The molecule has 3 amide bonds. The van der Waals surface area contributed by atoms with Gasteiger partial charge < -0.3 is 20.7 Å². The first-order valence-electron chi connectivity index (χ1n) is 9.73. The second-order valence-electron chi connectivity index (χ2n) is 7.62. The Hall–Kier alpha value is -3.32. The summed E-state index contributed by atoms with van der Waals surface area (Å²) in [7, 11) is 0. The molecular weight excluding hydrogens is 418 g/mol. The van der Waals surface area contributed by atoms with Gasteiger partial charge in [-0.2, -0.15) is 0 Å². The molecule has 0 atom stereocenters. The van der Waals surface area contributed by atoms with Gasteiger partial charge in [0.1, 0.15) is 5.60 Å². The van der Waals surface area contributed by atoms with Crippen molar-refractivity contribution in [3.8, 4) is 0 Å². The molecule has 7 nitrogen and oxygen atoms in total. The van der Waals surface area contributed by atoms with Crippen LogP contribution in [-0.2, 0) is 14.3 Å². The Bertz CT molecular complexity index is 967.